The van der Waals surface area contributed by atoms with Gasteiger partial charge in [0, 0.05) is 32.2 Å². The Labute approximate surface area is 164 Å². The number of benzene rings is 1. The fourth-order valence-electron chi connectivity index (χ4n) is 2.90. The summed E-state index contributed by atoms with van der Waals surface area (Å²) in [6, 6.07) is 8.75. The molecular weight excluding hydrogens is 360 g/mol. The molecule has 8 heteroatoms. The van der Waals surface area contributed by atoms with Gasteiger partial charge in [-0.3, -0.25) is 9.69 Å². The fourth-order valence-corrected chi connectivity index (χ4v) is 2.90. The Balaban J connectivity index is 1.53. The van der Waals surface area contributed by atoms with Gasteiger partial charge >= 0.3 is 0 Å². The molecule has 1 aromatic heterocycles. The number of pyridine rings is 1. The van der Waals surface area contributed by atoms with E-state index in [0.29, 0.717) is 22.9 Å². The third-order valence-electron chi connectivity index (χ3n) is 4.51. The van der Waals surface area contributed by atoms with Crippen LogP contribution in [0.4, 0.5) is 11.4 Å². The third kappa shape index (κ3) is 5.34. The highest BCUT2D eigenvalue weighted by Gasteiger charge is 2.12. The summed E-state index contributed by atoms with van der Waals surface area (Å²) in [4.78, 5) is 19.1. The summed E-state index contributed by atoms with van der Waals surface area (Å²) < 4.78 is 15.8. The van der Waals surface area contributed by atoms with E-state index < -0.39 is 0 Å². The third-order valence-corrected chi connectivity index (χ3v) is 4.51. The molecule has 2 heterocycles. The molecule has 3 rings (SSSR count). The van der Waals surface area contributed by atoms with Gasteiger partial charge in [0.1, 0.15) is 17.2 Å². The lowest BCUT2D eigenvalue weighted by molar-refractivity contribution is 0.0398. The number of hydrogen-bond donors (Lipinski definition) is 2. The summed E-state index contributed by atoms with van der Waals surface area (Å²) in [7, 11) is 3.12. The van der Waals surface area contributed by atoms with E-state index in [0.717, 1.165) is 45.1 Å². The Morgan fingerprint density at radius 2 is 2.00 bits per heavy atom. The molecule has 0 saturated carbocycles. The van der Waals surface area contributed by atoms with Crippen LogP contribution in [0.1, 0.15) is 10.5 Å². The molecule has 0 spiro atoms. The summed E-state index contributed by atoms with van der Waals surface area (Å²) >= 11 is 0. The SMILES string of the molecule is COc1ccc(NC(=O)c2ccc(NCCN3CCOCC3)cn2)c(OC)c1. The van der Waals surface area contributed by atoms with Crippen LogP contribution in [-0.4, -0.2) is 69.4 Å². The van der Waals surface area contributed by atoms with Crippen LogP contribution in [0.2, 0.25) is 0 Å². The van der Waals surface area contributed by atoms with Crippen molar-refractivity contribution in [2.24, 2.45) is 0 Å². The highest BCUT2D eigenvalue weighted by molar-refractivity contribution is 6.03. The van der Waals surface area contributed by atoms with Gasteiger partial charge in [-0.2, -0.15) is 0 Å². The molecule has 1 aromatic carbocycles. The number of nitrogens with one attached hydrogen (secondary N) is 2. The Bertz CT molecular complexity index is 776. The number of nitrogens with zero attached hydrogens (tertiary/aromatic N) is 2. The number of amides is 1. The Kier molecular flexibility index (Phi) is 7.05. The molecular formula is C20H26N4O4. The van der Waals surface area contributed by atoms with Gasteiger partial charge in [0.05, 0.1) is 45.0 Å². The summed E-state index contributed by atoms with van der Waals surface area (Å²) in [5, 5.41) is 6.14. The van der Waals surface area contributed by atoms with Crippen molar-refractivity contribution in [3.8, 4) is 11.5 Å². The Morgan fingerprint density at radius 1 is 1.18 bits per heavy atom. The smallest absolute Gasteiger partial charge is 0.274 e. The first kappa shape index (κ1) is 19.9. The van der Waals surface area contributed by atoms with Crippen molar-refractivity contribution >= 4 is 17.3 Å². The molecule has 1 fully saturated rings. The number of carbonyl (C=O) groups excluding carboxylic acids is 1. The number of methoxy groups -OCH3 is 2. The predicted molar refractivity (Wildman–Crippen MR) is 107 cm³/mol. The molecule has 1 amide bonds. The second-order valence-electron chi connectivity index (χ2n) is 6.33. The first-order chi connectivity index (χ1) is 13.7. The van der Waals surface area contributed by atoms with Gasteiger partial charge in [0.15, 0.2) is 0 Å². The number of hydrogen-bond acceptors (Lipinski definition) is 7. The molecule has 150 valence electrons. The average Bonchev–Trinajstić information content (AvgIpc) is 2.75. The second kappa shape index (κ2) is 9.91. The summed E-state index contributed by atoms with van der Waals surface area (Å²) in [5.74, 6) is 0.873. The molecule has 0 aliphatic carbocycles. The van der Waals surface area contributed by atoms with Gasteiger partial charge in [-0.1, -0.05) is 0 Å². The maximum Gasteiger partial charge on any atom is 0.274 e. The van der Waals surface area contributed by atoms with Crippen molar-refractivity contribution in [1.82, 2.24) is 9.88 Å². The first-order valence-corrected chi connectivity index (χ1v) is 9.23. The lowest BCUT2D eigenvalue weighted by Gasteiger charge is -2.26. The maximum atomic E-state index is 12.5. The van der Waals surface area contributed by atoms with Gasteiger partial charge in [-0.15, -0.1) is 0 Å². The van der Waals surface area contributed by atoms with Crippen LogP contribution in [-0.2, 0) is 4.74 Å². The monoisotopic (exact) mass is 386 g/mol. The zero-order valence-corrected chi connectivity index (χ0v) is 16.2. The van der Waals surface area contributed by atoms with Gasteiger partial charge < -0.3 is 24.8 Å². The molecule has 1 aliphatic heterocycles. The van der Waals surface area contributed by atoms with Crippen LogP contribution >= 0.6 is 0 Å². The normalized spacial score (nSPS) is 14.4. The van der Waals surface area contributed by atoms with E-state index in [1.54, 1.807) is 44.7 Å². The van der Waals surface area contributed by atoms with E-state index in [-0.39, 0.29) is 5.91 Å². The molecule has 2 aromatic rings. The molecule has 0 radical (unpaired) electrons. The van der Waals surface area contributed by atoms with Gasteiger partial charge in [0.2, 0.25) is 0 Å². The number of morpholine rings is 1. The topological polar surface area (TPSA) is 85.0 Å². The Morgan fingerprint density at radius 3 is 2.68 bits per heavy atom. The molecule has 2 N–H and O–H groups in total. The number of ether oxygens (including phenoxy) is 3. The zero-order valence-electron chi connectivity index (χ0n) is 16.2. The number of carbonyl (C=O) groups is 1. The van der Waals surface area contributed by atoms with E-state index in [1.165, 1.54) is 0 Å². The highest BCUT2D eigenvalue weighted by atomic mass is 16.5. The minimum Gasteiger partial charge on any atom is -0.497 e. The van der Waals surface area contributed by atoms with Gasteiger partial charge in [0.25, 0.3) is 5.91 Å². The van der Waals surface area contributed by atoms with Crippen LogP contribution in [0.3, 0.4) is 0 Å². The van der Waals surface area contributed by atoms with E-state index >= 15 is 0 Å². The molecule has 28 heavy (non-hydrogen) atoms. The van der Waals surface area contributed by atoms with Gasteiger partial charge in [-0.05, 0) is 24.3 Å². The summed E-state index contributed by atoms with van der Waals surface area (Å²) in [6.07, 6.45) is 1.67. The average molecular weight is 386 g/mol. The first-order valence-electron chi connectivity index (χ1n) is 9.23. The fraction of sp³-hybridized carbons (Fsp3) is 0.400. The van der Waals surface area contributed by atoms with E-state index in [9.17, 15) is 4.79 Å². The molecule has 1 saturated heterocycles. The maximum absolute atomic E-state index is 12.5. The Hall–Kier alpha value is -2.84. The number of rotatable bonds is 8. The standard InChI is InChI=1S/C20H26N4O4/c1-26-16-4-6-17(19(13-16)27-2)23-20(25)18-5-3-15(14-22-18)21-7-8-24-9-11-28-12-10-24/h3-6,13-14,21H,7-12H2,1-2H3,(H,23,25). The lowest BCUT2D eigenvalue weighted by atomic mass is 10.2. The number of aromatic nitrogens is 1. The van der Waals surface area contributed by atoms with E-state index in [2.05, 4.69) is 20.5 Å². The largest absolute Gasteiger partial charge is 0.497 e. The van der Waals surface area contributed by atoms with Crippen LogP contribution in [0.25, 0.3) is 0 Å². The molecule has 1 aliphatic rings. The number of anilines is 2. The van der Waals surface area contributed by atoms with E-state index in [1.807, 2.05) is 6.07 Å². The zero-order chi connectivity index (χ0) is 19.8. The molecule has 0 unspecified atom stereocenters. The minimum atomic E-state index is -0.302. The lowest BCUT2D eigenvalue weighted by Crippen LogP contribution is -2.39. The molecule has 8 nitrogen and oxygen atoms in total. The van der Waals surface area contributed by atoms with Crippen LogP contribution < -0.4 is 20.1 Å². The van der Waals surface area contributed by atoms with Crippen LogP contribution in [0.15, 0.2) is 36.5 Å². The quantitative estimate of drug-likeness (QED) is 0.719. The van der Waals surface area contributed by atoms with Crippen LogP contribution in [0.5, 0.6) is 11.5 Å². The van der Waals surface area contributed by atoms with E-state index in [4.69, 9.17) is 14.2 Å². The van der Waals surface area contributed by atoms with Crippen molar-refractivity contribution in [3.05, 3.63) is 42.2 Å². The molecule has 0 bridgehead atoms. The van der Waals surface area contributed by atoms with Crippen molar-refractivity contribution < 1.29 is 19.0 Å². The second-order valence-corrected chi connectivity index (χ2v) is 6.33. The van der Waals surface area contributed by atoms with Crippen molar-refractivity contribution in [3.63, 3.8) is 0 Å². The highest BCUT2D eigenvalue weighted by Crippen LogP contribution is 2.29. The van der Waals surface area contributed by atoms with Crippen molar-refractivity contribution in [1.29, 1.82) is 0 Å². The molecule has 0 atom stereocenters. The van der Waals surface area contributed by atoms with Crippen molar-refractivity contribution in [2.75, 3.05) is 64.2 Å². The minimum absolute atomic E-state index is 0.302. The van der Waals surface area contributed by atoms with Crippen molar-refractivity contribution in [2.45, 2.75) is 0 Å². The van der Waals surface area contributed by atoms with Crippen LogP contribution in [0, 0.1) is 0 Å². The predicted octanol–water partition coefficient (Wildman–Crippen LogP) is 2.10. The summed E-state index contributed by atoms with van der Waals surface area (Å²) in [5.41, 5.74) is 1.77. The summed E-state index contributed by atoms with van der Waals surface area (Å²) in [6.45, 7) is 5.29. The van der Waals surface area contributed by atoms with Gasteiger partial charge in [-0.25, -0.2) is 4.98 Å².